The number of nitrogens with zero attached hydrogens (tertiary/aromatic N) is 2. The highest BCUT2D eigenvalue weighted by atomic mass is 16.5. The molecule has 1 amide bonds. The van der Waals surface area contributed by atoms with Crippen molar-refractivity contribution in [3.05, 3.63) is 59.4 Å². The summed E-state index contributed by atoms with van der Waals surface area (Å²) in [5.74, 6) is -0.508. The van der Waals surface area contributed by atoms with Crippen molar-refractivity contribution in [3.63, 3.8) is 0 Å². The summed E-state index contributed by atoms with van der Waals surface area (Å²) in [6.45, 7) is 3.43. The molecule has 1 aromatic carbocycles. The molecule has 2 atom stereocenters. The smallest absolute Gasteiger partial charge is 0.339 e. The summed E-state index contributed by atoms with van der Waals surface area (Å²) in [7, 11) is 0. The van der Waals surface area contributed by atoms with E-state index in [1.807, 2.05) is 48.4 Å². The van der Waals surface area contributed by atoms with Gasteiger partial charge in [-0.1, -0.05) is 18.2 Å². The summed E-state index contributed by atoms with van der Waals surface area (Å²) in [6, 6.07) is 11.3. The fourth-order valence-corrected chi connectivity index (χ4v) is 3.53. The van der Waals surface area contributed by atoms with Gasteiger partial charge >= 0.3 is 5.97 Å². The third-order valence-corrected chi connectivity index (χ3v) is 4.79. The van der Waals surface area contributed by atoms with E-state index in [4.69, 9.17) is 4.74 Å². The molecular formula is C18H18N2O3. The minimum absolute atomic E-state index is 0.0119. The zero-order valence-electron chi connectivity index (χ0n) is 12.9. The van der Waals surface area contributed by atoms with E-state index in [-0.39, 0.29) is 11.9 Å². The van der Waals surface area contributed by atoms with Gasteiger partial charge in [-0.15, -0.1) is 0 Å². The topological polar surface area (TPSA) is 51.5 Å². The summed E-state index contributed by atoms with van der Waals surface area (Å²) >= 11 is 0. The van der Waals surface area contributed by atoms with Gasteiger partial charge in [-0.3, -0.25) is 4.79 Å². The molecule has 1 aromatic heterocycles. The van der Waals surface area contributed by atoms with Gasteiger partial charge < -0.3 is 14.2 Å². The van der Waals surface area contributed by atoms with Crippen LogP contribution in [-0.4, -0.2) is 34.0 Å². The Balaban J connectivity index is 1.58. The lowest BCUT2D eigenvalue weighted by Gasteiger charge is -2.37. The molecule has 0 unspecified atom stereocenters. The number of cyclic esters (lactones) is 1. The number of fused-ring (bicyclic) bond motifs is 2. The molecule has 0 aliphatic carbocycles. The molecule has 23 heavy (non-hydrogen) atoms. The maximum atomic E-state index is 12.9. The lowest BCUT2D eigenvalue weighted by Crippen LogP contribution is -2.48. The Kier molecular flexibility index (Phi) is 3.22. The van der Waals surface area contributed by atoms with Gasteiger partial charge in [-0.05, 0) is 30.7 Å². The molecule has 3 heterocycles. The second kappa shape index (κ2) is 5.26. The van der Waals surface area contributed by atoms with Crippen molar-refractivity contribution in [1.29, 1.82) is 0 Å². The van der Waals surface area contributed by atoms with E-state index in [0.717, 1.165) is 17.8 Å². The van der Waals surface area contributed by atoms with Crippen LogP contribution in [0, 0.1) is 0 Å². The highest BCUT2D eigenvalue weighted by Gasteiger charge is 2.37. The first-order valence-corrected chi connectivity index (χ1v) is 7.89. The number of esters is 1. The van der Waals surface area contributed by atoms with E-state index in [0.29, 0.717) is 18.5 Å². The van der Waals surface area contributed by atoms with Gasteiger partial charge in [0, 0.05) is 31.4 Å². The minimum atomic E-state index is -0.721. The molecule has 2 aliphatic heterocycles. The maximum absolute atomic E-state index is 12.9. The van der Waals surface area contributed by atoms with E-state index in [2.05, 4.69) is 4.57 Å². The molecule has 0 radical (unpaired) electrons. The van der Waals surface area contributed by atoms with E-state index >= 15 is 0 Å². The molecule has 5 nitrogen and oxygen atoms in total. The van der Waals surface area contributed by atoms with Crippen LogP contribution in [0.5, 0.6) is 0 Å². The molecule has 0 spiro atoms. The highest BCUT2D eigenvalue weighted by molar-refractivity contribution is 5.95. The molecular weight excluding hydrogens is 292 g/mol. The number of aromatic nitrogens is 1. The Morgan fingerprint density at radius 2 is 2.00 bits per heavy atom. The lowest BCUT2D eigenvalue weighted by atomic mass is 9.97. The predicted molar refractivity (Wildman–Crippen MR) is 83.9 cm³/mol. The zero-order chi connectivity index (χ0) is 16.0. The van der Waals surface area contributed by atoms with E-state index in [1.165, 1.54) is 0 Å². The molecule has 2 aliphatic rings. The number of carbonyl (C=O) groups excluding carboxylic acids is 2. The first-order chi connectivity index (χ1) is 11.1. The average Bonchev–Trinajstić information content (AvgIpc) is 3.04. The molecule has 0 bridgehead atoms. The lowest BCUT2D eigenvalue weighted by molar-refractivity contribution is -0.144. The summed E-state index contributed by atoms with van der Waals surface area (Å²) in [6.07, 6.45) is 1.76. The Morgan fingerprint density at radius 3 is 2.87 bits per heavy atom. The summed E-state index contributed by atoms with van der Waals surface area (Å²) < 4.78 is 7.57. The summed E-state index contributed by atoms with van der Waals surface area (Å²) in [5.41, 5.74) is 2.57. The first-order valence-electron chi connectivity index (χ1n) is 7.89. The SMILES string of the molecule is C[C@@H]1c2cccn2CCN1C(=O)[C@H]1Cc2ccccc2C(=O)O1. The van der Waals surface area contributed by atoms with Gasteiger partial charge in [-0.25, -0.2) is 4.79 Å². The number of ether oxygens (including phenoxy) is 1. The van der Waals surface area contributed by atoms with Gasteiger partial charge in [-0.2, -0.15) is 0 Å². The fraction of sp³-hybridized carbons (Fsp3) is 0.333. The Hall–Kier alpha value is -2.56. The number of carbonyl (C=O) groups is 2. The number of hydrogen-bond acceptors (Lipinski definition) is 3. The standard InChI is InChI=1S/C18H18N2O3/c1-12-15-7-4-8-19(15)9-10-20(12)17(21)16-11-13-5-2-3-6-14(13)18(22)23-16/h2-8,12,16H,9-11H2,1H3/t12-,16-/m1/s1. The van der Waals surface area contributed by atoms with Crippen molar-refractivity contribution in [2.75, 3.05) is 6.54 Å². The Labute approximate surface area is 134 Å². The van der Waals surface area contributed by atoms with Gasteiger partial charge in [0.15, 0.2) is 6.10 Å². The van der Waals surface area contributed by atoms with Gasteiger partial charge in [0.05, 0.1) is 11.6 Å². The molecule has 0 saturated heterocycles. The third-order valence-electron chi connectivity index (χ3n) is 4.79. The second-order valence-corrected chi connectivity index (χ2v) is 6.09. The van der Waals surface area contributed by atoms with Gasteiger partial charge in [0.25, 0.3) is 5.91 Å². The minimum Gasteiger partial charge on any atom is -0.448 e. The van der Waals surface area contributed by atoms with Crippen molar-refractivity contribution in [2.24, 2.45) is 0 Å². The predicted octanol–water partition coefficient (Wildman–Crippen LogP) is 2.17. The van der Waals surface area contributed by atoms with Crippen LogP contribution in [0.25, 0.3) is 0 Å². The number of amides is 1. The van der Waals surface area contributed by atoms with Crippen LogP contribution in [0.3, 0.4) is 0 Å². The van der Waals surface area contributed by atoms with Crippen molar-refractivity contribution in [1.82, 2.24) is 9.47 Å². The quantitative estimate of drug-likeness (QED) is 0.759. The average molecular weight is 310 g/mol. The van der Waals surface area contributed by atoms with Crippen LogP contribution >= 0.6 is 0 Å². The molecule has 0 fully saturated rings. The van der Waals surface area contributed by atoms with Crippen LogP contribution in [0.2, 0.25) is 0 Å². The van der Waals surface area contributed by atoms with Crippen LogP contribution in [0.4, 0.5) is 0 Å². The number of hydrogen-bond donors (Lipinski definition) is 0. The Morgan fingerprint density at radius 1 is 1.17 bits per heavy atom. The first kappa shape index (κ1) is 14.1. The molecule has 0 saturated carbocycles. The largest absolute Gasteiger partial charge is 0.448 e. The maximum Gasteiger partial charge on any atom is 0.339 e. The summed E-state index contributed by atoms with van der Waals surface area (Å²) in [5, 5.41) is 0. The third kappa shape index (κ3) is 2.23. The fourth-order valence-electron chi connectivity index (χ4n) is 3.53. The molecule has 118 valence electrons. The second-order valence-electron chi connectivity index (χ2n) is 6.09. The zero-order valence-corrected chi connectivity index (χ0v) is 12.9. The molecule has 0 N–H and O–H groups in total. The van der Waals surface area contributed by atoms with Crippen LogP contribution in [0.15, 0.2) is 42.6 Å². The van der Waals surface area contributed by atoms with Crippen LogP contribution in [-0.2, 0) is 22.5 Å². The summed E-state index contributed by atoms with van der Waals surface area (Å²) in [4.78, 5) is 26.8. The van der Waals surface area contributed by atoms with Crippen molar-refractivity contribution in [2.45, 2.75) is 32.0 Å². The Bertz CT molecular complexity index is 780. The van der Waals surface area contributed by atoms with Crippen LogP contribution in [0.1, 0.15) is 34.6 Å². The molecule has 5 heteroatoms. The van der Waals surface area contributed by atoms with Crippen LogP contribution < -0.4 is 0 Å². The number of rotatable bonds is 1. The molecule has 4 rings (SSSR count). The normalized spacial score (nSPS) is 23.0. The van der Waals surface area contributed by atoms with E-state index in [1.54, 1.807) is 6.07 Å². The highest BCUT2D eigenvalue weighted by Crippen LogP contribution is 2.28. The van der Waals surface area contributed by atoms with E-state index < -0.39 is 12.1 Å². The van der Waals surface area contributed by atoms with Gasteiger partial charge in [0.1, 0.15) is 0 Å². The van der Waals surface area contributed by atoms with Crippen molar-refractivity contribution in [3.8, 4) is 0 Å². The monoisotopic (exact) mass is 310 g/mol. The number of benzene rings is 1. The van der Waals surface area contributed by atoms with Crippen molar-refractivity contribution < 1.29 is 14.3 Å². The van der Waals surface area contributed by atoms with Crippen molar-refractivity contribution >= 4 is 11.9 Å². The molecule has 2 aromatic rings. The van der Waals surface area contributed by atoms with Gasteiger partial charge in [0.2, 0.25) is 0 Å². The van der Waals surface area contributed by atoms with E-state index in [9.17, 15) is 9.59 Å².